The molecule has 1 atom stereocenters. The van der Waals surface area contributed by atoms with Crippen LogP contribution in [0.3, 0.4) is 0 Å². The van der Waals surface area contributed by atoms with E-state index in [-0.39, 0.29) is 11.8 Å². The molecule has 1 saturated heterocycles. The van der Waals surface area contributed by atoms with Crippen LogP contribution in [0.15, 0.2) is 36.0 Å². The quantitative estimate of drug-likeness (QED) is 0.699. The van der Waals surface area contributed by atoms with E-state index in [0.717, 1.165) is 16.0 Å². The Morgan fingerprint density at radius 3 is 2.86 bits per heavy atom. The summed E-state index contributed by atoms with van der Waals surface area (Å²) in [5.41, 5.74) is 1.96. The molecule has 3 aromatic rings. The van der Waals surface area contributed by atoms with Crippen molar-refractivity contribution in [2.24, 2.45) is 0 Å². The van der Waals surface area contributed by atoms with Gasteiger partial charge in [-0.25, -0.2) is 9.97 Å². The molecule has 8 nitrogen and oxygen atoms in total. The van der Waals surface area contributed by atoms with Crippen molar-refractivity contribution in [2.45, 2.75) is 13.0 Å². The van der Waals surface area contributed by atoms with Gasteiger partial charge < -0.3 is 19.9 Å². The van der Waals surface area contributed by atoms with E-state index in [2.05, 4.69) is 20.2 Å². The summed E-state index contributed by atoms with van der Waals surface area (Å²) in [5, 5.41) is 4.81. The number of fused-ring (bicyclic) bond motifs is 2. The highest BCUT2D eigenvalue weighted by molar-refractivity contribution is 7.17. The fourth-order valence-electron chi connectivity index (χ4n) is 3.69. The summed E-state index contributed by atoms with van der Waals surface area (Å²) in [4.78, 5) is 37.8. The monoisotopic (exact) mass is 409 g/mol. The van der Waals surface area contributed by atoms with Crippen LogP contribution in [0.25, 0.3) is 10.2 Å². The standard InChI is InChI=1S/C20H19N5O3S/c1-12-19(26)23-14-4-2-3-13(16(14)28-12)20(27)25-8-6-24(7-9-25)18-17-15(5-10-29-17)21-11-22-18/h2-5,10-12H,6-9H2,1H3,(H,23,26). The van der Waals surface area contributed by atoms with Crippen LogP contribution in [0.4, 0.5) is 11.5 Å². The average molecular weight is 409 g/mol. The lowest BCUT2D eigenvalue weighted by Crippen LogP contribution is -2.49. The maximum atomic E-state index is 13.2. The minimum atomic E-state index is -0.626. The molecule has 5 rings (SSSR count). The van der Waals surface area contributed by atoms with Crippen LogP contribution in [0.5, 0.6) is 5.75 Å². The van der Waals surface area contributed by atoms with Crippen molar-refractivity contribution in [2.75, 3.05) is 36.4 Å². The van der Waals surface area contributed by atoms with E-state index >= 15 is 0 Å². The van der Waals surface area contributed by atoms with Gasteiger partial charge in [-0.3, -0.25) is 9.59 Å². The molecule has 1 N–H and O–H groups in total. The summed E-state index contributed by atoms with van der Waals surface area (Å²) in [6.45, 7) is 4.23. The molecular weight excluding hydrogens is 390 g/mol. The molecule has 29 heavy (non-hydrogen) atoms. The van der Waals surface area contributed by atoms with Gasteiger partial charge in [-0.1, -0.05) is 6.07 Å². The second-order valence-electron chi connectivity index (χ2n) is 7.04. The van der Waals surface area contributed by atoms with Crippen LogP contribution in [-0.4, -0.2) is 59.0 Å². The highest BCUT2D eigenvalue weighted by Crippen LogP contribution is 2.34. The van der Waals surface area contributed by atoms with Crippen molar-refractivity contribution in [1.82, 2.24) is 14.9 Å². The zero-order chi connectivity index (χ0) is 20.0. The molecule has 0 bridgehead atoms. The van der Waals surface area contributed by atoms with Gasteiger partial charge in [0.05, 0.1) is 21.5 Å². The van der Waals surface area contributed by atoms with Gasteiger partial charge in [0.2, 0.25) is 0 Å². The number of nitrogens with zero attached hydrogens (tertiary/aromatic N) is 4. The van der Waals surface area contributed by atoms with Crippen molar-refractivity contribution in [3.8, 4) is 5.75 Å². The molecule has 4 heterocycles. The molecule has 0 saturated carbocycles. The number of benzene rings is 1. The third kappa shape index (κ3) is 3.07. The Balaban J connectivity index is 1.34. The molecule has 2 aliphatic heterocycles. The lowest BCUT2D eigenvalue weighted by atomic mass is 10.1. The molecule has 2 amide bonds. The third-order valence-corrected chi connectivity index (χ3v) is 6.16. The van der Waals surface area contributed by atoms with Gasteiger partial charge in [-0.15, -0.1) is 11.3 Å². The lowest BCUT2D eigenvalue weighted by Gasteiger charge is -2.36. The number of carbonyl (C=O) groups is 2. The molecule has 1 aromatic carbocycles. The summed E-state index contributed by atoms with van der Waals surface area (Å²) in [6.07, 6.45) is 0.963. The number of hydrogen-bond acceptors (Lipinski definition) is 7. The van der Waals surface area contributed by atoms with Crippen LogP contribution >= 0.6 is 11.3 Å². The number of aromatic nitrogens is 2. The van der Waals surface area contributed by atoms with Gasteiger partial charge in [-0.2, -0.15) is 0 Å². The summed E-state index contributed by atoms with van der Waals surface area (Å²) >= 11 is 1.63. The van der Waals surface area contributed by atoms with Crippen molar-refractivity contribution in [1.29, 1.82) is 0 Å². The first-order valence-corrected chi connectivity index (χ1v) is 10.3. The molecule has 148 valence electrons. The molecule has 2 aliphatic rings. The van der Waals surface area contributed by atoms with E-state index in [1.54, 1.807) is 42.8 Å². The second-order valence-corrected chi connectivity index (χ2v) is 7.96. The fourth-order valence-corrected chi connectivity index (χ4v) is 4.55. The second kappa shape index (κ2) is 7.00. The summed E-state index contributed by atoms with van der Waals surface area (Å²) in [7, 11) is 0. The van der Waals surface area contributed by atoms with Crippen LogP contribution in [0.2, 0.25) is 0 Å². The Bertz CT molecular complexity index is 1110. The predicted molar refractivity (Wildman–Crippen MR) is 111 cm³/mol. The Labute approximate surface area is 171 Å². The zero-order valence-electron chi connectivity index (χ0n) is 15.8. The number of piperazine rings is 1. The SMILES string of the molecule is CC1Oc2c(cccc2C(=O)N2CCN(c3ncnc4ccsc34)CC2)NC1=O. The normalized spacial score (nSPS) is 18.9. The van der Waals surface area contributed by atoms with Crippen LogP contribution in [-0.2, 0) is 4.79 Å². The smallest absolute Gasteiger partial charge is 0.265 e. The van der Waals surface area contributed by atoms with Crippen molar-refractivity contribution < 1.29 is 14.3 Å². The van der Waals surface area contributed by atoms with E-state index in [1.165, 1.54) is 0 Å². The number of hydrogen-bond donors (Lipinski definition) is 1. The van der Waals surface area contributed by atoms with Gasteiger partial charge in [0.25, 0.3) is 11.8 Å². The van der Waals surface area contributed by atoms with E-state index in [4.69, 9.17) is 4.74 Å². The Hall–Kier alpha value is -3.20. The molecule has 2 aromatic heterocycles. The maximum Gasteiger partial charge on any atom is 0.265 e. The topological polar surface area (TPSA) is 87.7 Å². The van der Waals surface area contributed by atoms with Gasteiger partial charge in [0.1, 0.15) is 12.1 Å². The minimum Gasteiger partial charge on any atom is -0.478 e. The Morgan fingerprint density at radius 2 is 2.03 bits per heavy atom. The first kappa shape index (κ1) is 17.9. The largest absolute Gasteiger partial charge is 0.478 e. The summed E-state index contributed by atoms with van der Waals surface area (Å²) in [6, 6.07) is 7.24. The number of rotatable bonds is 2. The van der Waals surface area contributed by atoms with E-state index in [9.17, 15) is 9.59 Å². The molecule has 9 heteroatoms. The predicted octanol–water partition coefficient (Wildman–Crippen LogP) is 2.37. The molecule has 0 radical (unpaired) electrons. The minimum absolute atomic E-state index is 0.0891. The van der Waals surface area contributed by atoms with Gasteiger partial charge in [-0.05, 0) is 30.5 Å². The molecule has 0 spiro atoms. The van der Waals surface area contributed by atoms with E-state index < -0.39 is 6.10 Å². The highest BCUT2D eigenvalue weighted by atomic mass is 32.1. The molecule has 1 fully saturated rings. The third-order valence-electron chi connectivity index (χ3n) is 5.26. The molecular formula is C20H19N5O3S. The van der Waals surface area contributed by atoms with E-state index in [1.807, 2.05) is 16.3 Å². The highest BCUT2D eigenvalue weighted by Gasteiger charge is 2.31. The van der Waals surface area contributed by atoms with E-state index in [0.29, 0.717) is 43.2 Å². The number of anilines is 2. The van der Waals surface area contributed by atoms with Crippen LogP contribution < -0.4 is 15.0 Å². The van der Waals surface area contributed by atoms with Crippen molar-refractivity contribution in [3.63, 3.8) is 0 Å². The molecule has 0 aliphatic carbocycles. The number of para-hydroxylation sites is 1. The van der Waals surface area contributed by atoms with Crippen molar-refractivity contribution >= 4 is 44.9 Å². The summed E-state index contributed by atoms with van der Waals surface area (Å²) in [5.74, 6) is 1.08. The fraction of sp³-hybridized carbons (Fsp3) is 0.300. The first-order valence-electron chi connectivity index (χ1n) is 9.45. The Kier molecular flexibility index (Phi) is 4.31. The number of nitrogens with one attached hydrogen (secondary N) is 1. The average Bonchev–Trinajstić information content (AvgIpc) is 3.23. The lowest BCUT2D eigenvalue weighted by molar-refractivity contribution is -0.122. The van der Waals surface area contributed by atoms with Crippen LogP contribution in [0, 0.1) is 0 Å². The number of thiophene rings is 1. The van der Waals surface area contributed by atoms with Gasteiger partial charge >= 0.3 is 0 Å². The molecule has 1 unspecified atom stereocenters. The van der Waals surface area contributed by atoms with Gasteiger partial charge in [0, 0.05) is 26.2 Å². The van der Waals surface area contributed by atoms with Crippen molar-refractivity contribution in [3.05, 3.63) is 41.5 Å². The first-order chi connectivity index (χ1) is 14.1. The van der Waals surface area contributed by atoms with Gasteiger partial charge in [0.15, 0.2) is 11.9 Å². The zero-order valence-corrected chi connectivity index (χ0v) is 16.6. The summed E-state index contributed by atoms with van der Waals surface area (Å²) < 4.78 is 6.80. The maximum absolute atomic E-state index is 13.2. The number of carbonyl (C=O) groups excluding carboxylic acids is 2. The number of amides is 2. The Morgan fingerprint density at radius 1 is 1.21 bits per heavy atom. The number of ether oxygens (including phenoxy) is 1. The van der Waals surface area contributed by atoms with Crippen LogP contribution in [0.1, 0.15) is 17.3 Å².